The second-order valence-electron chi connectivity index (χ2n) is 10.7. The first-order valence-corrected chi connectivity index (χ1v) is 14.4. The minimum absolute atomic E-state index is 0.140. The maximum Gasteiger partial charge on any atom is 0.338 e. The van der Waals surface area contributed by atoms with Crippen LogP contribution in [0.3, 0.4) is 0 Å². The summed E-state index contributed by atoms with van der Waals surface area (Å²) in [6.07, 6.45) is -0.140. The van der Waals surface area contributed by atoms with Crippen LogP contribution in [0, 0.1) is 6.92 Å². The van der Waals surface area contributed by atoms with Crippen molar-refractivity contribution in [1.29, 1.82) is 0 Å². The van der Waals surface area contributed by atoms with Gasteiger partial charge in [0.25, 0.3) is 0 Å². The number of piperazine rings is 1. The third-order valence-corrected chi connectivity index (χ3v) is 8.15. The largest absolute Gasteiger partial charge is 0.496 e. The van der Waals surface area contributed by atoms with Gasteiger partial charge in [-0.1, -0.05) is 18.2 Å². The van der Waals surface area contributed by atoms with E-state index >= 15 is 0 Å². The van der Waals surface area contributed by atoms with Crippen molar-refractivity contribution < 1.29 is 28.9 Å². The summed E-state index contributed by atoms with van der Waals surface area (Å²) in [5.41, 5.74) is 4.01. The van der Waals surface area contributed by atoms with Crippen molar-refractivity contribution in [2.24, 2.45) is 0 Å². The Morgan fingerprint density at radius 1 is 0.927 bits per heavy atom. The molecule has 2 N–H and O–H groups in total. The number of aromatic amines is 1. The summed E-state index contributed by atoms with van der Waals surface area (Å²) in [7, 11) is 1.57. The van der Waals surface area contributed by atoms with Crippen LogP contribution in [0.25, 0.3) is 22.0 Å². The number of methoxy groups -OCH3 is 1. The van der Waals surface area contributed by atoms with Gasteiger partial charge in [0, 0.05) is 86.6 Å². The Hall–Kier alpha value is -3.44. The highest BCUT2D eigenvalue weighted by Crippen LogP contribution is 2.41. The van der Waals surface area contributed by atoms with E-state index in [0.717, 1.165) is 82.2 Å². The number of ether oxygens (including phenoxy) is 3. The molecule has 0 amide bonds. The van der Waals surface area contributed by atoms with Gasteiger partial charge in [-0.2, -0.15) is 0 Å². The Morgan fingerprint density at radius 2 is 1.59 bits per heavy atom. The number of carbonyl (C=O) groups excluding carboxylic acids is 1. The minimum Gasteiger partial charge on any atom is -0.496 e. The number of aromatic nitrogens is 1. The summed E-state index contributed by atoms with van der Waals surface area (Å²) >= 11 is 0. The molecule has 10 nitrogen and oxygen atoms in total. The lowest BCUT2D eigenvalue weighted by molar-refractivity contribution is -0.136. The molecule has 2 aliphatic heterocycles. The number of esters is 1. The maximum atomic E-state index is 13.4. The lowest BCUT2D eigenvalue weighted by Crippen LogP contribution is -2.50. The van der Waals surface area contributed by atoms with Crippen molar-refractivity contribution in [1.82, 2.24) is 19.7 Å². The summed E-state index contributed by atoms with van der Waals surface area (Å²) in [5, 5.41) is 10.3. The van der Waals surface area contributed by atoms with Gasteiger partial charge in [0.2, 0.25) is 0 Å². The molecular formula is C31H40N4O6. The maximum absolute atomic E-state index is 13.4. The summed E-state index contributed by atoms with van der Waals surface area (Å²) in [6.45, 7) is 12.6. The van der Waals surface area contributed by atoms with Gasteiger partial charge in [0.15, 0.2) is 0 Å². The number of carbonyl (C=O) groups is 2. The van der Waals surface area contributed by atoms with Crippen molar-refractivity contribution in [2.75, 3.05) is 85.8 Å². The molecule has 2 saturated heterocycles. The van der Waals surface area contributed by atoms with Crippen LogP contribution in [-0.4, -0.2) is 123 Å². The van der Waals surface area contributed by atoms with E-state index in [1.807, 2.05) is 37.3 Å². The Bertz CT molecular complexity index is 1360. The molecular weight excluding hydrogens is 524 g/mol. The molecule has 0 spiro atoms. The number of nitrogens with zero attached hydrogens (tertiary/aromatic N) is 3. The molecule has 2 fully saturated rings. The standard InChI is InChI=1S/C31H40N4O6/c1-22-25(21-28(36)37)29-26(32-22)7-8-27(39-2)30(29)23-5-3-4-6-24(23)31(38)41-20-17-34-12-9-33(10-13-34)11-14-35-15-18-40-19-16-35/h3-8,32H,9-21H2,1-2H3,(H,36,37). The van der Waals surface area contributed by atoms with Crippen LogP contribution >= 0.6 is 0 Å². The fraction of sp³-hybridized carbons (Fsp3) is 0.484. The van der Waals surface area contributed by atoms with Crippen LogP contribution in [0.15, 0.2) is 36.4 Å². The van der Waals surface area contributed by atoms with Gasteiger partial charge in [-0.25, -0.2) is 4.79 Å². The molecule has 0 aliphatic carbocycles. The minimum atomic E-state index is -0.923. The average Bonchev–Trinajstić information content (AvgIpc) is 3.30. The number of aryl methyl sites for hydroxylation is 1. The lowest BCUT2D eigenvalue weighted by atomic mass is 9.93. The van der Waals surface area contributed by atoms with Crippen LogP contribution < -0.4 is 4.74 Å². The number of carboxylic acid groups (broad SMARTS) is 1. The van der Waals surface area contributed by atoms with Gasteiger partial charge in [-0.05, 0) is 30.7 Å². The Morgan fingerprint density at radius 3 is 2.27 bits per heavy atom. The van der Waals surface area contributed by atoms with Gasteiger partial charge >= 0.3 is 11.9 Å². The number of rotatable bonds is 11. The Balaban J connectivity index is 1.23. The molecule has 0 radical (unpaired) electrons. The van der Waals surface area contributed by atoms with E-state index in [1.165, 1.54) is 0 Å². The van der Waals surface area contributed by atoms with Gasteiger partial charge in [-0.3, -0.25) is 19.5 Å². The number of carboxylic acids is 1. The van der Waals surface area contributed by atoms with E-state index < -0.39 is 11.9 Å². The fourth-order valence-corrected chi connectivity index (χ4v) is 5.84. The van der Waals surface area contributed by atoms with Crippen LogP contribution in [0.1, 0.15) is 21.6 Å². The third-order valence-electron chi connectivity index (χ3n) is 8.15. The molecule has 0 atom stereocenters. The molecule has 2 aliphatic rings. The summed E-state index contributed by atoms with van der Waals surface area (Å²) < 4.78 is 16.9. The van der Waals surface area contributed by atoms with Gasteiger partial charge in [0.1, 0.15) is 12.4 Å². The first kappa shape index (κ1) is 29.1. The normalized spacial score (nSPS) is 17.1. The molecule has 0 bridgehead atoms. The van der Waals surface area contributed by atoms with Crippen molar-refractivity contribution >= 4 is 22.8 Å². The first-order chi connectivity index (χ1) is 19.9. The molecule has 0 unspecified atom stereocenters. The molecule has 2 aromatic carbocycles. The van der Waals surface area contributed by atoms with Gasteiger partial charge in [0.05, 0.1) is 32.3 Å². The topological polar surface area (TPSA) is 108 Å². The lowest BCUT2D eigenvalue weighted by Gasteiger charge is -2.36. The number of fused-ring (bicyclic) bond motifs is 1. The van der Waals surface area contributed by atoms with Gasteiger partial charge < -0.3 is 24.3 Å². The number of hydrogen-bond donors (Lipinski definition) is 2. The van der Waals surface area contributed by atoms with Crippen molar-refractivity contribution in [3.63, 3.8) is 0 Å². The van der Waals surface area contributed by atoms with Crippen LogP contribution in [0.5, 0.6) is 5.75 Å². The number of aliphatic carboxylic acids is 1. The first-order valence-electron chi connectivity index (χ1n) is 14.4. The molecule has 0 saturated carbocycles. The summed E-state index contributed by atoms with van der Waals surface area (Å²) in [6, 6.07) is 11.0. The van der Waals surface area contributed by atoms with Crippen molar-refractivity contribution in [2.45, 2.75) is 13.3 Å². The summed E-state index contributed by atoms with van der Waals surface area (Å²) in [4.78, 5) is 35.6. The number of H-pyrrole nitrogens is 1. The van der Waals surface area contributed by atoms with Crippen molar-refractivity contribution in [3.8, 4) is 16.9 Å². The number of morpholine rings is 1. The van der Waals surface area contributed by atoms with Crippen molar-refractivity contribution in [3.05, 3.63) is 53.2 Å². The van der Waals surface area contributed by atoms with E-state index in [2.05, 4.69) is 19.7 Å². The zero-order valence-electron chi connectivity index (χ0n) is 24.0. The fourth-order valence-electron chi connectivity index (χ4n) is 5.84. The average molecular weight is 565 g/mol. The molecule has 1 aromatic heterocycles. The van der Waals surface area contributed by atoms with Crippen LogP contribution in [0.2, 0.25) is 0 Å². The Labute approximate surface area is 240 Å². The molecule has 10 heteroatoms. The monoisotopic (exact) mass is 564 g/mol. The number of benzene rings is 2. The Kier molecular flexibility index (Phi) is 9.56. The molecule has 3 aromatic rings. The van der Waals surface area contributed by atoms with E-state index in [1.54, 1.807) is 13.2 Å². The number of nitrogens with one attached hydrogen (secondary N) is 1. The van der Waals surface area contributed by atoms with E-state index in [4.69, 9.17) is 14.2 Å². The highest BCUT2D eigenvalue weighted by Gasteiger charge is 2.24. The van der Waals surface area contributed by atoms with Crippen LogP contribution in [0.4, 0.5) is 0 Å². The van der Waals surface area contributed by atoms with Crippen LogP contribution in [-0.2, 0) is 20.7 Å². The summed E-state index contributed by atoms with van der Waals surface area (Å²) in [5.74, 6) is -0.765. The number of hydrogen-bond acceptors (Lipinski definition) is 8. The van der Waals surface area contributed by atoms with Gasteiger partial charge in [-0.15, -0.1) is 0 Å². The SMILES string of the molecule is COc1ccc2[nH]c(C)c(CC(=O)O)c2c1-c1ccccc1C(=O)OCCN1CCN(CCN2CCOCC2)CC1. The zero-order chi connectivity index (χ0) is 28.8. The zero-order valence-corrected chi connectivity index (χ0v) is 24.0. The highest BCUT2D eigenvalue weighted by atomic mass is 16.5. The second-order valence-corrected chi connectivity index (χ2v) is 10.7. The van der Waals surface area contributed by atoms with E-state index in [-0.39, 0.29) is 6.42 Å². The highest BCUT2D eigenvalue weighted by molar-refractivity contribution is 6.07. The quantitative estimate of drug-likeness (QED) is 0.340. The smallest absolute Gasteiger partial charge is 0.338 e. The third kappa shape index (κ3) is 6.90. The van der Waals surface area contributed by atoms with E-state index in [0.29, 0.717) is 41.2 Å². The predicted octanol–water partition coefficient (Wildman–Crippen LogP) is 2.89. The second kappa shape index (κ2) is 13.5. The molecule has 220 valence electrons. The molecule has 3 heterocycles. The molecule has 41 heavy (non-hydrogen) atoms. The predicted molar refractivity (Wildman–Crippen MR) is 157 cm³/mol. The van der Waals surface area contributed by atoms with E-state index in [9.17, 15) is 14.7 Å². The molecule has 5 rings (SSSR count).